The maximum atomic E-state index is 13.5. The number of aliphatic imine (C=N–C) groups is 1. The Bertz CT molecular complexity index is 1230. The van der Waals surface area contributed by atoms with Crippen LogP contribution in [0.4, 0.5) is 0 Å². The molecule has 0 spiro atoms. The summed E-state index contributed by atoms with van der Waals surface area (Å²) >= 11 is -1.58. The Hall–Kier alpha value is -3.81. The molecule has 0 saturated carbocycles. The van der Waals surface area contributed by atoms with E-state index in [4.69, 9.17) is 22.9 Å². The number of carboxylic acids is 2. The molecule has 0 aromatic heterocycles. The van der Waals surface area contributed by atoms with Gasteiger partial charge in [-0.15, -0.1) is 0 Å². The van der Waals surface area contributed by atoms with E-state index < -0.39 is 90.9 Å². The number of guanidine groups is 1. The number of carbonyl (C=O) groups excluding carboxylic acids is 4. The fourth-order valence-electron chi connectivity index (χ4n) is 4.63. The molecule has 0 bridgehead atoms. The molecule has 0 aliphatic heterocycles. The van der Waals surface area contributed by atoms with Crippen molar-refractivity contribution in [3.05, 3.63) is 35.9 Å². The van der Waals surface area contributed by atoms with Crippen molar-refractivity contribution in [3.8, 4) is 0 Å². The second kappa shape index (κ2) is 21.9. The summed E-state index contributed by atoms with van der Waals surface area (Å²) < 4.78 is -1.65. The molecule has 261 valence electrons. The minimum absolute atomic E-state index is 0.0265. The minimum atomic E-state index is -1.58. The number of carbonyl (C=O) groups is 6. The van der Waals surface area contributed by atoms with Gasteiger partial charge in [0.25, 0.3) is 0 Å². The van der Waals surface area contributed by atoms with Crippen LogP contribution in [0.1, 0.15) is 64.4 Å². The molecule has 1 unspecified atom stereocenters. The van der Waals surface area contributed by atoms with Gasteiger partial charge in [-0.05, 0) is 0 Å². The van der Waals surface area contributed by atoms with Crippen molar-refractivity contribution in [2.45, 2.75) is 88.0 Å². The molecule has 2 amide bonds. The van der Waals surface area contributed by atoms with Crippen molar-refractivity contribution in [3.63, 3.8) is 0 Å². The summed E-state index contributed by atoms with van der Waals surface area (Å²) in [7, 11) is 0. The Kier molecular flexibility index (Phi) is 19.2. The van der Waals surface area contributed by atoms with E-state index in [0.29, 0.717) is 31.4 Å². The van der Waals surface area contributed by atoms with Crippen LogP contribution in [0.5, 0.6) is 0 Å². The van der Waals surface area contributed by atoms with E-state index in [9.17, 15) is 39.0 Å². The quantitative estimate of drug-likeness (QED) is 0.0291. The van der Waals surface area contributed by atoms with Crippen molar-refractivity contribution in [2.24, 2.45) is 39.8 Å². The van der Waals surface area contributed by atoms with Crippen molar-refractivity contribution < 1.29 is 39.0 Å². The molecule has 0 saturated heterocycles. The number of hydrogen-bond donors (Lipinski definition) is 8. The molecule has 0 aliphatic carbocycles. The molecule has 0 heterocycles. The summed E-state index contributed by atoms with van der Waals surface area (Å²) in [6.45, 7) is 4.02. The van der Waals surface area contributed by atoms with Crippen LogP contribution in [0.15, 0.2) is 35.3 Å². The van der Waals surface area contributed by atoms with E-state index in [-0.39, 0.29) is 38.2 Å². The molecule has 16 heteroatoms. The zero-order chi connectivity index (χ0) is 35.5. The summed E-state index contributed by atoms with van der Waals surface area (Å²) in [5, 5.41) is 24.5. The number of hydrogen-bond acceptors (Lipinski definition) is 9. The molecule has 1 rings (SSSR count). The van der Waals surface area contributed by atoms with Gasteiger partial charge >= 0.3 is 282 Å². The van der Waals surface area contributed by atoms with Gasteiger partial charge in [0.05, 0.1) is 0 Å². The fraction of sp³-hybridized carbons (Fsp3) is 0.581. The van der Waals surface area contributed by atoms with Crippen LogP contribution in [-0.2, 0) is 35.2 Å². The maximum absolute atomic E-state index is 13.5. The first-order chi connectivity index (χ1) is 22.2. The van der Waals surface area contributed by atoms with Gasteiger partial charge in [0, 0.05) is 0 Å². The van der Waals surface area contributed by atoms with E-state index >= 15 is 0 Å². The van der Waals surface area contributed by atoms with Crippen LogP contribution in [0.25, 0.3) is 0 Å². The standard InChI is InChI=1S/C31H49AsN7O8/c1-18(2)20(28(44)39-24(30(46)47)15-19-9-4-3-5-10-19)16-25(40)21(17-26(41)42)32-27(43)23(12-6-7-13-33)38-29(45)22(34)11-8-14-37-31(35)36/h3-5,9-10,18,20-24H,6-8,11-17,33-34H2,1-2H3,(H,38,45)(H,39,44)(H,41,42)(H,46,47)(H4,35,36,37)/t20?,21-,22-,23-,24-/m0/s1. The van der Waals surface area contributed by atoms with Crippen LogP contribution >= 0.6 is 0 Å². The third kappa shape index (κ3) is 16.5. The van der Waals surface area contributed by atoms with E-state index in [1.165, 1.54) is 0 Å². The molecule has 0 fully saturated rings. The molecule has 12 N–H and O–H groups in total. The Morgan fingerprint density at radius 3 is 2.06 bits per heavy atom. The van der Waals surface area contributed by atoms with Gasteiger partial charge in [0.1, 0.15) is 0 Å². The number of nitrogens with one attached hydrogen (secondary N) is 2. The average Bonchev–Trinajstić information content (AvgIpc) is 3.00. The number of benzene rings is 1. The van der Waals surface area contributed by atoms with Crippen molar-refractivity contribution >= 4 is 55.8 Å². The normalized spacial score (nSPS) is 14.5. The van der Waals surface area contributed by atoms with Gasteiger partial charge < -0.3 is 0 Å². The summed E-state index contributed by atoms with van der Waals surface area (Å²) in [6.07, 6.45) is 0.972. The summed E-state index contributed by atoms with van der Waals surface area (Å²) in [6, 6.07) is 5.54. The first-order valence-electron chi connectivity index (χ1n) is 15.5. The number of aliphatic carboxylic acids is 2. The first-order valence-corrected chi connectivity index (χ1v) is 17.6. The molecular weight excluding hydrogens is 673 g/mol. The number of ketones is 1. The number of rotatable bonds is 24. The number of carboxylic acid groups (broad SMARTS) is 2. The molecule has 15 nitrogen and oxygen atoms in total. The molecule has 0 aliphatic rings. The van der Waals surface area contributed by atoms with Gasteiger partial charge in [0.15, 0.2) is 0 Å². The number of unbranched alkanes of at least 4 members (excludes halogenated alkanes) is 1. The molecule has 5 atom stereocenters. The van der Waals surface area contributed by atoms with Crippen molar-refractivity contribution in [1.29, 1.82) is 0 Å². The number of nitrogens with zero attached hydrogens (tertiary/aromatic N) is 1. The van der Waals surface area contributed by atoms with Gasteiger partial charge in [0.2, 0.25) is 0 Å². The Labute approximate surface area is 281 Å². The van der Waals surface area contributed by atoms with Crippen LogP contribution in [0, 0.1) is 11.8 Å². The molecule has 47 heavy (non-hydrogen) atoms. The van der Waals surface area contributed by atoms with Crippen LogP contribution in [-0.4, -0.2) is 97.2 Å². The predicted molar refractivity (Wildman–Crippen MR) is 177 cm³/mol. The molecule has 1 aromatic carbocycles. The monoisotopic (exact) mass is 722 g/mol. The zero-order valence-corrected chi connectivity index (χ0v) is 28.8. The SMILES string of the molecule is CC(C)C(CC(=O)[C@H](CC(=O)O)[As]C(=O)[C@H](CCCCN)NC(=O)[C@@H](N)CCCN=C(N)N)C(=O)N[C@@H](Cc1ccccc1)C(=O)O. The van der Waals surface area contributed by atoms with Crippen LogP contribution in [0.3, 0.4) is 0 Å². The van der Waals surface area contributed by atoms with Gasteiger partial charge in [-0.2, -0.15) is 0 Å². The van der Waals surface area contributed by atoms with Gasteiger partial charge in [-0.1, -0.05) is 0 Å². The summed E-state index contributed by atoms with van der Waals surface area (Å²) in [5.41, 5.74) is 22.9. The van der Waals surface area contributed by atoms with Gasteiger partial charge in [-0.25, -0.2) is 0 Å². The average molecular weight is 723 g/mol. The fourth-order valence-corrected chi connectivity index (χ4v) is 7.10. The van der Waals surface area contributed by atoms with Crippen molar-refractivity contribution in [2.75, 3.05) is 13.1 Å². The third-order valence-electron chi connectivity index (χ3n) is 7.35. The van der Waals surface area contributed by atoms with E-state index in [1.54, 1.807) is 44.2 Å². The molecular formula is C31H49AsN7O8. The van der Waals surface area contributed by atoms with Crippen molar-refractivity contribution in [1.82, 2.24) is 10.6 Å². The number of nitrogens with two attached hydrogens (primary N) is 4. The number of amides is 2. The predicted octanol–water partition coefficient (Wildman–Crippen LogP) is -0.481. The van der Waals surface area contributed by atoms with Crippen LogP contribution in [0.2, 0.25) is 4.71 Å². The topological polar surface area (TPSA) is 283 Å². The number of Topliss-reactive ketones (excluding diaryl/α,β-unsaturated/α-hetero) is 1. The Balaban J connectivity index is 3.06. The summed E-state index contributed by atoms with van der Waals surface area (Å²) in [4.78, 5) is 80.6. The second-order valence-electron chi connectivity index (χ2n) is 11.6. The molecule has 1 radical (unpaired) electrons. The molecule has 1 aromatic rings. The van der Waals surface area contributed by atoms with Crippen LogP contribution < -0.4 is 33.6 Å². The zero-order valence-electron chi connectivity index (χ0n) is 27.0. The summed E-state index contributed by atoms with van der Waals surface area (Å²) in [5.74, 6) is -5.83. The Morgan fingerprint density at radius 2 is 1.51 bits per heavy atom. The Morgan fingerprint density at radius 1 is 0.872 bits per heavy atom. The van der Waals surface area contributed by atoms with Gasteiger partial charge in [-0.3, -0.25) is 0 Å². The first kappa shape index (κ1) is 41.2. The third-order valence-corrected chi connectivity index (χ3v) is 10.2. The van der Waals surface area contributed by atoms with E-state index in [0.717, 1.165) is 0 Å². The second-order valence-corrected chi connectivity index (χ2v) is 14.4. The van der Waals surface area contributed by atoms with E-state index in [2.05, 4.69) is 15.6 Å². The van der Waals surface area contributed by atoms with E-state index in [1.807, 2.05) is 0 Å².